The SMILES string of the molecule is CC(C)c1c(-c2ccnc3[nH]ncc23)[nH]c2ccc(C3CCN(Cc4c[nH]cn4)CC3)cc12. The van der Waals surface area contributed by atoms with Crippen molar-refractivity contribution in [1.82, 2.24) is 35.0 Å². The lowest BCUT2D eigenvalue weighted by Crippen LogP contribution is -2.32. The Morgan fingerprint density at radius 3 is 2.76 bits per heavy atom. The highest BCUT2D eigenvalue weighted by molar-refractivity contribution is 5.98. The van der Waals surface area contributed by atoms with Crippen LogP contribution in [-0.4, -0.2) is 48.1 Å². The molecule has 1 aliphatic heterocycles. The Kier molecular flexibility index (Phi) is 4.99. The lowest BCUT2D eigenvalue weighted by atomic mass is 9.87. The number of hydrogen-bond acceptors (Lipinski definition) is 4. The van der Waals surface area contributed by atoms with Gasteiger partial charge in [0, 0.05) is 40.8 Å². The van der Waals surface area contributed by atoms with Crippen LogP contribution in [0.15, 0.2) is 49.2 Å². The molecule has 0 bridgehead atoms. The van der Waals surface area contributed by atoms with E-state index in [0.29, 0.717) is 11.8 Å². The number of likely N-dealkylation sites (tertiary alicyclic amines) is 1. The van der Waals surface area contributed by atoms with Gasteiger partial charge in [0.05, 0.1) is 23.9 Å². The highest BCUT2D eigenvalue weighted by Gasteiger charge is 2.23. The number of rotatable bonds is 5. The number of piperidine rings is 1. The summed E-state index contributed by atoms with van der Waals surface area (Å²) in [4.78, 5) is 18.1. The first kappa shape index (κ1) is 20.2. The van der Waals surface area contributed by atoms with Gasteiger partial charge in [0.2, 0.25) is 0 Å². The Balaban J connectivity index is 1.32. The highest BCUT2D eigenvalue weighted by Crippen LogP contribution is 2.39. The van der Waals surface area contributed by atoms with E-state index in [1.807, 2.05) is 18.6 Å². The molecule has 7 heteroatoms. The topological polar surface area (TPSA) is 89.3 Å². The van der Waals surface area contributed by atoms with Gasteiger partial charge in [0.1, 0.15) is 0 Å². The third-order valence-corrected chi connectivity index (χ3v) is 7.06. The molecule has 0 aliphatic carbocycles. The number of nitrogens with zero attached hydrogens (tertiary/aromatic N) is 4. The molecule has 1 saturated heterocycles. The number of nitrogens with one attached hydrogen (secondary N) is 3. The molecule has 33 heavy (non-hydrogen) atoms. The van der Waals surface area contributed by atoms with E-state index in [1.165, 1.54) is 40.6 Å². The van der Waals surface area contributed by atoms with Crippen LogP contribution in [-0.2, 0) is 6.54 Å². The number of imidazole rings is 1. The molecule has 7 nitrogen and oxygen atoms in total. The van der Waals surface area contributed by atoms with Crippen molar-refractivity contribution in [2.75, 3.05) is 13.1 Å². The minimum absolute atomic E-state index is 0.398. The second-order valence-electron chi connectivity index (χ2n) is 9.48. The van der Waals surface area contributed by atoms with E-state index in [-0.39, 0.29) is 0 Å². The van der Waals surface area contributed by atoms with Gasteiger partial charge in [-0.05, 0) is 67.1 Å². The molecular weight excluding hydrogens is 410 g/mol. The molecule has 0 atom stereocenters. The van der Waals surface area contributed by atoms with E-state index in [1.54, 1.807) is 6.33 Å². The molecule has 1 aliphatic rings. The largest absolute Gasteiger partial charge is 0.354 e. The maximum Gasteiger partial charge on any atom is 0.155 e. The van der Waals surface area contributed by atoms with Gasteiger partial charge >= 0.3 is 0 Å². The second-order valence-corrected chi connectivity index (χ2v) is 9.48. The zero-order chi connectivity index (χ0) is 22.4. The van der Waals surface area contributed by atoms with Crippen LogP contribution in [0.3, 0.4) is 0 Å². The quantitative estimate of drug-likeness (QED) is 0.345. The monoisotopic (exact) mass is 439 g/mol. The highest BCUT2D eigenvalue weighted by atomic mass is 15.1. The molecule has 168 valence electrons. The van der Waals surface area contributed by atoms with Crippen LogP contribution in [0.4, 0.5) is 0 Å². The standard InChI is InChI=1S/C26H29N7/c1-16(2)24-21-11-18(17-6-9-33(10-7-17)14-19-12-27-15-29-19)3-4-23(21)31-25(24)20-5-8-28-26-22(20)13-30-32-26/h3-5,8,11-13,15-17,31H,6-7,9-10,14H2,1-2H3,(H,27,29)(H,28,30,32). The van der Waals surface area contributed by atoms with Crippen molar-refractivity contribution >= 4 is 21.9 Å². The van der Waals surface area contributed by atoms with Crippen LogP contribution in [0.25, 0.3) is 33.2 Å². The first-order valence-electron chi connectivity index (χ1n) is 11.8. The van der Waals surface area contributed by atoms with Crippen molar-refractivity contribution in [2.45, 2.75) is 45.1 Å². The van der Waals surface area contributed by atoms with Crippen molar-refractivity contribution < 1.29 is 0 Å². The van der Waals surface area contributed by atoms with Crippen LogP contribution < -0.4 is 0 Å². The van der Waals surface area contributed by atoms with Gasteiger partial charge in [0.15, 0.2) is 5.65 Å². The van der Waals surface area contributed by atoms with E-state index in [4.69, 9.17) is 0 Å². The number of hydrogen-bond donors (Lipinski definition) is 3. The summed E-state index contributed by atoms with van der Waals surface area (Å²) in [5.74, 6) is 1.000. The van der Waals surface area contributed by atoms with E-state index in [2.05, 4.69) is 73.1 Å². The third-order valence-electron chi connectivity index (χ3n) is 7.06. The number of aromatic amines is 3. The fourth-order valence-electron chi connectivity index (χ4n) is 5.40. The summed E-state index contributed by atoms with van der Waals surface area (Å²) in [5, 5.41) is 9.60. The van der Waals surface area contributed by atoms with Crippen LogP contribution >= 0.6 is 0 Å². The lowest BCUT2D eigenvalue weighted by Gasteiger charge is -2.31. The Morgan fingerprint density at radius 2 is 1.97 bits per heavy atom. The van der Waals surface area contributed by atoms with E-state index in [0.717, 1.165) is 41.9 Å². The molecule has 1 aromatic carbocycles. The zero-order valence-corrected chi connectivity index (χ0v) is 19.1. The molecule has 0 radical (unpaired) electrons. The third kappa shape index (κ3) is 3.62. The van der Waals surface area contributed by atoms with Gasteiger partial charge in [-0.15, -0.1) is 0 Å². The molecule has 0 amide bonds. The Morgan fingerprint density at radius 1 is 1.09 bits per heavy atom. The van der Waals surface area contributed by atoms with Gasteiger partial charge in [-0.3, -0.25) is 10.00 Å². The molecule has 3 N–H and O–H groups in total. The fourth-order valence-corrected chi connectivity index (χ4v) is 5.40. The van der Waals surface area contributed by atoms with Crippen LogP contribution in [0.1, 0.15) is 55.3 Å². The summed E-state index contributed by atoms with van der Waals surface area (Å²) in [6.45, 7) is 7.71. The Labute approximate surface area is 192 Å². The average Bonchev–Trinajstić information content (AvgIpc) is 3.58. The molecular formula is C26H29N7. The minimum Gasteiger partial charge on any atom is -0.354 e. The van der Waals surface area contributed by atoms with Crippen LogP contribution in [0.5, 0.6) is 0 Å². The number of benzene rings is 1. The predicted molar refractivity (Wildman–Crippen MR) is 131 cm³/mol. The van der Waals surface area contributed by atoms with Crippen molar-refractivity contribution in [2.24, 2.45) is 0 Å². The molecule has 4 aromatic heterocycles. The predicted octanol–water partition coefficient (Wildman–Crippen LogP) is 5.33. The number of pyridine rings is 1. The summed E-state index contributed by atoms with van der Waals surface area (Å²) in [6, 6.07) is 9.11. The van der Waals surface area contributed by atoms with Crippen LogP contribution in [0, 0.1) is 0 Å². The van der Waals surface area contributed by atoms with Crippen molar-refractivity contribution in [1.29, 1.82) is 0 Å². The van der Waals surface area contributed by atoms with Crippen molar-refractivity contribution in [3.8, 4) is 11.3 Å². The van der Waals surface area contributed by atoms with Gasteiger partial charge in [-0.2, -0.15) is 5.10 Å². The van der Waals surface area contributed by atoms with E-state index >= 15 is 0 Å². The fraction of sp³-hybridized carbons (Fsp3) is 0.346. The van der Waals surface area contributed by atoms with E-state index in [9.17, 15) is 0 Å². The zero-order valence-electron chi connectivity index (χ0n) is 19.1. The number of H-pyrrole nitrogens is 3. The van der Waals surface area contributed by atoms with Gasteiger partial charge in [-0.1, -0.05) is 19.9 Å². The summed E-state index contributed by atoms with van der Waals surface area (Å²) >= 11 is 0. The smallest absolute Gasteiger partial charge is 0.155 e. The average molecular weight is 440 g/mol. The molecule has 0 saturated carbocycles. The van der Waals surface area contributed by atoms with Crippen molar-refractivity contribution in [3.63, 3.8) is 0 Å². The summed E-state index contributed by atoms with van der Waals surface area (Å²) < 4.78 is 0. The minimum atomic E-state index is 0.398. The first-order valence-corrected chi connectivity index (χ1v) is 11.8. The van der Waals surface area contributed by atoms with Gasteiger partial charge in [0.25, 0.3) is 0 Å². The summed E-state index contributed by atoms with van der Waals surface area (Å²) in [6.07, 6.45) is 9.85. The Hall–Kier alpha value is -3.45. The molecule has 5 aromatic rings. The Bertz CT molecular complexity index is 1390. The van der Waals surface area contributed by atoms with Gasteiger partial charge in [-0.25, -0.2) is 9.97 Å². The number of aromatic nitrogens is 6. The first-order chi connectivity index (χ1) is 16.2. The molecule has 0 spiro atoms. The molecule has 5 heterocycles. The summed E-state index contributed by atoms with van der Waals surface area (Å²) in [7, 11) is 0. The maximum atomic E-state index is 4.42. The second kappa shape index (κ2) is 8.15. The molecule has 0 unspecified atom stereocenters. The van der Waals surface area contributed by atoms with Crippen LogP contribution in [0.2, 0.25) is 0 Å². The summed E-state index contributed by atoms with van der Waals surface area (Å²) in [5.41, 5.74) is 8.31. The number of fused-ring (bicyclic) bond motifs is 2. The van der Waals surface area contributed by atoms with E-state index < -0.39 is 0 Å². The lowest BCUT2D eigenvalue weighted by molar-refractivity contribution is 0.203. The van der Waals surface area contributed by atoms with Gasteiger partial charge < -0.3 is 9.97 Å². The normalized spacial score (nSPS) is 15.8. The molecule has 6 rings (SSSR count). The van der Waals surface area contributed by atoms with Crippen molar-refractivity contribution in [3.05, 3.63) is 66.0 Å². The maximum absolute atomic E-state index is 4.42. The molecule has 1 fully saturated rings.